The fourth-order valence-corrected chi connectivity index (χ4v) is 8.53. The van der Waals surface area contributed by atoms with E-state index in [2.05, 4.69) is 0 Å². The van der Waals surface area contributed by atoms with Crippen LogP contribution in [0.1, 0.15) is 50.2 Å². The summed E-state index contributed by atoms with van der Waals surface area (Å²) >= 11 is 0. The first-order chi connectivity index (χ1) is 13.3. The lowest BCUT2D eigenvalue weighted by Crippen LogP contribution is -2.66. The largest absolute Gasteiger partial charge is 0.504 e. The van der Waals surface area contributed by atoms with Gasteiger partial charge in [0, 0.05) is 23.6 Å². The Morgan fingerprint density at radius 2 is 2.00 bits per heavy atom. The summed E-state index contributed by atoms with van der Waals surface area (Å²) in [4.78, 5) is 0. The molecular weight excluding hydrogens is 381 g/mol. The third kappa shape index (κ3) is 2.29. The highest BCUT2D eigenvalue weighted by Crippen LogP contribution is 2.62. The fourth-order valence-electron chi connectivity index (χ4n) is 6.47. The number of hydrogen-bond acceptors (Lipinski definition) is 4. The second-order valence-corrected chi connectivity index (χ2v) is 11.2. The van der Waals surface area contributed by atoms with Crippen molar-refractivity contribution in [3.05, 3.63) is 23.3 Å². The number of sulfonamides is 1. The van der Waals surface area contributed by atoms with Gasteiger partial charge in [-0.05, 0) is 62.0 Å². The van der Waals surface area contributed by atoms with E-state index < -0.39 is 21.6 Å². The molecule has 5 atom stereocenters. The smallest absolute Gasteiger partial charge is 0.217 e. The molecule has 1 N–H and O–H groups in total. The predicted molar refractivity (Wildman–Crippen MR) is 104 cm³/mol. The zero-order valence-electron chi connectivity index (χ0n) is 16.4. The summed E-state index contributed by atoms with van der Waals surface area (Å²) in [5.41, 5.74) is 1.21. The van der Waals surface area contributed by atoms with E-state index in [-0.39, 0.29) is 28.9 Å². The Morgan fingerprint density at radius 3 is 2.68 bits per heavy atom. The Kier molecular flexibility index (Phi) is 4.05. The van der Waals surface area contributed by atoms with Gasteiger partial charge >= 0.3 is 0 Å². The quantitative estimate of drug-likeness (QED) is 0.833. The van der Waals surface area contributed by atoms with Gasteiger partial charge in [-0.3, -0.25) is 0 Å². The number of aromatic hydroxyl groups is 1. The van der Waals surface area contributed by atoms with Crippen LogP contribution in [0, 0.1) is 11.8 Å². The van der Waals surface area contributed by atoms with Crippen LogP contribution < -0.4 is 4.74 Å². The van der Waals surface area contributed by atoms with Crippen LogP contribution in [0.2, 0.25) is 0 Å². The molecule has 1 aromatic rings. The van der Waals surface area contributed by atoms with Crippen molar-refractivity contribution < 1.29 is 22.7 Å². The van der Waals surface area contributed by atoms with E-state index in [9.17, 15) is 17.9 Å². The zero-order chi connectivity index (χ0) is 19.8. The van der Waals surface area contributed by atoms with E-state index in [0.29, 0.717) is 38.0 Å². The molecular formula is C21H28FNO4S. The van der Waals surface area contributed by atoms with Crippen LogP contribution in [-0.4, -0.2) is 48.9 Å². The normalized spacial score (nSPS) is 37.8. The second kappa shape index (κ2) is 6.08. The molecule has 2 bridgehead atoms. The second-order valence-electron chi connectivity index (χ2n) is 9.06. The van der Waals surface area contributed by atoms with Crippen LogP contribution in [0.25, 0.3) is 0 Å². The number of fused-ring (bicyclic) bond motifs is 1. The molecule has 1 heterocycles. The maximum Gasteiger partial charge on any atom is 0.217 e. The maximum atomic E-state index is 15.0. The first-order valence-corrected chi connectivity index (χ1v) is 11.9. The minimum Gasteiger partial charge on any atom is -0.504 e. The fraction of sp³-hybridized carbons (Fsp3) is 0.714. The summed E-state index contributed by atoms with van der Waals surface area (Å²) in [5.74, 6) is 0.285. The summed E-state index contributed by atoms with van der Waals surface area (Å²) < 4.78 is 48.3. The van der Waals surface area contributed by atoms with E-state index in [0.717, 1.165) is 24.0 Å². The van der Waals surface area contributed by atoms with Gasteiger partial charge in [0.25, 0.3) is 0 Å². The van der Waals surface area contributed by atoms with Crippen LogP contribution >= 0.6 is 0 Å². The third-order valence-corrected chi connectivity index (χ3v) is 10.4. The molecule has 0 amide bonds. The average molecular weight is 410 g/mol. The van der Waals surface area contributed by atoms with Crippen LogP contribution in [0.4, 0.5) is 4.39 Å². The Balaban J connectivity index is 1.70. The molecule has 5 nitrogen and oxygen atoms in total. The summed E-state index contributed by atoms with van der Waals surface area (Å²) in [5, 5.41) is 10.8. The van der Waals surface area contributed by atoms with Gasteiger partial charge in [0.05, 0.1) is 12.4 Å². The van der Waals surface area contributed by atoms with Gasteiger partial charge in [0.2, 0.25) is 10.0 Å². The number of alkyl halides is 1. The van der Waals surface area contributed by atoms with Gasteiger partial charge in [0.15, 0.2) is 11.5 Å². The highest BCUT2D eigenvalue weighted by atomic mass is 32.2. The SMILES string of the molecule is COc1ccc2c(c1O)[C@@]13CCN(S(=O)(=O)C4CC4)[C@@H](C2)C1CCC(F)[C@H]3C. The first kappa shape index (κ1) is 18.7. The lowest BCUT2D eigenvalue weighted by atomic mass is 9.48. The molecule has 1 saturated heterocycles. The predicted octanol–water partition coefficient (Wildman–Crippen LogP) is 3.15. The molecule has 0 radical (unpaired) electrons. The Hall–Kier alpha value is -1.34. The maximum absolute atomic E-state index is 15.0. The number of phenols is 1. The highest BCUT2D eigenvalue weighted by molar-refractivity contribution is 7.90. The minimum atomic E-state index is -3.30. The summed E-state index contributed by atoms with van der Waals surface area (Å²) in [6.07, 6.45) is 2.80. The monoisotopic (exact) mass is 409 g/mol. The molecule has 2 saturated carbocycles. The Labute approximate surface area is 165 Å². The molecule has 2 unspecified atom stereocenters. The zero-order valence-corrected chi connectivity index (χ0v) is 17.2. The molecule has 28 heavy (non-hydrogen) atoms. The highest BCUT2D eigenvalue weighted by Gasteiger charge is 2.62. The standard InChI is InChI=1S/C21H28FNO4S/c1-12-16(22)7-6-15-17-11-13-3-8-18(27-2)20(24)19(13)21(12,15)9-10-23(17)28(25,26)14-4-5-14/h3,8,12,14-17,24H,4-7,9-11H2,1-2H3/t12-,15?,16?,17+,21-/m1/s1. The Morgan fingerprint density at radius 1 is 1.25 bits per heavy atom. The van der Waals surface area contributed by atoms with Crippen LogP contribution in [0.3, 0.4) is 0 Å². The van der Waals surface area contributed by atoms with Crippen molar-refractivity contribution in [2.24, 2.45) is 11.8 Å². The number of hydrogen-bond donors (Lipinski definition) is 1. The molecule has 4 aliphatic rings. The van der Waals surface area contributed by atoms with Crippen LogP contribution in [0.5, 0.6) is 11.5 Å². The molecule has 3 fully saturated rings. The molecule has 0 aromatic heterocycles. The van der Waals surface area contributed by atoms with Gasteiger partial charge in [0.1, 0.15) is 6.17 Å². The lowest BCUT2D eigenvalue weighted by Gasteiger charge is -2.61. The van der Waals surface area contributed by atoms with Gasteiger partial charge in [-0.15, -0.1) is 0 Å². The first-order valence-electron chi connectivity index (χ1n) is 10.4. The molecule has 7 heteroatoms. The van der Waals surface area contributed by atoms with Gasteiger partial charge in [-0.1, -0.05) is 13.0 Å². The molecule has 154 valence electrons. The van der Waals surface area contributed by atoms with Crippen LogP contribution in [0.15, 0.2) is 12.1 Å². The van der Waals surface area contributed by atoms with E-state index in [1.54, 1.807) is 10.4 Å². The molecule has 5 rings (SSSR count). The molecule has 3 aliphatic carbocycles. The number of nitrogens with zero attached hydrogens (tertiary/aromatic N) is 1. The van der Waals surface area contributed by atoms with Gasteiger partial charge in [-0.2, -0.15) is 4.31 Å². The third-order valence-electron chi connectivity index (χ3n) is 7.96. The number of piperidine rings is 1. The molecule has 1 aliphatic heterocycles. The van der Waals surface area contributed by atoms with Crippen LogP contribution in [-0.2, 0) is 21.9 Å². The van der Waals surface area contributed by atoms with Crippen molar-refractivity contribution in [2.75, 3.05) is 13.7 Å². The molecule has 1 aromatic carbocycles. The Bertz CT molecular complexity index is 915. The van der Waals surface area contributed by atoms with E-state index >= 15 is 0 Å². The summed E-state index contributed by atoms with van der Waals surface area (Å²) in [6.45, 7) is 2.35. The number of rotatable bonds is 3. The number of phenolic OH excluding ortho intramolecular Hbond substituents is 1. The number of benzene rings is 1. The van der Waals surface area contributed by atoms with Crippen molar-refractivity contribution >= 4 is 10.0 Å². The van der Waals surface area contributed by atoms with E-state index in [1.165, 1.54) is 7.11 Å². The number of halogens is 1. The summed E-state index contributed by atoms with van der Waals surface area (Å²) in [6, 6.07) is 3.52. The number of ether oxygens (including phenoxy) is 1. The van der Waals surface area contributed by atoms with Crippen molar-refractivity contribution in [2.45, 2.75) is 68.3 Å². The molecule has 0 spiro atoms. The number of methoxy groups -OCH3 is 1. The van der Waals surface area contributed by atoms with Crippen molar-refractivity contribution in [3.63, 3.8) is 0 Å². The average Bonchev–Trinajstić information content (AvgIpc) is 3.50. The van der Waals surface area contributed by atoms with E-state index in [1.807, 2.05) is 13.0 Å². The lowest BCUT2D eigenvalue weighted by molar-refractivity contribution is -0.0410. The van der Waals surface area contributed by atoms with Crippen molar-refractivity contribution in [1.82, 2.24) is 4.31 Å². The van der Waals surface area contributed by atoms with Gasteiger partial charge in [-0.25, -0.2) is 12.8 Å². The topological polar surface area (TPSA) is 66.8 Å². The van der Waals surface area contributed by atoms with Gasteiger partial charge < -0.3 is 9.84 Å². The minimum absolute atomic E-state index is 0.0299. The summed E-state index contributed by atoms with van der Waals surface area (Å²) in [7, 11) is -1.77. The van der Waals surface area contributed by atoms with E-state index in [4.69, 9.17) is 4.74 Å². The van der Waals surface area contributed by atoms with Crippen molar-refractivity contribution in [3.8, 4) is 11.5 Å². The van der Waals surface area contributed by atoms with Crippen molar-refractivity contribution in [1.29, 1.82) is 0 Å².